The van der Waals surface area contributed by atoms with E-state index in [-0.39, 0.29) is 5.91 Å². The molecule has 0 radical (unpaired) electrons. The van der Waals surface area contributed by atoms with Gasteiger partial charge in [-0.05, 0) is 31.2 Å². The zero-order valence-corrected chi connectivity index (χ0v) is 15.6. The van der Waals surface area contributed by atoms with Crippen molar-refractivity contribution >= 4 is 35.0 Å². The first-order valence-electron chi connectivity index (χ1n) is 7.90. The van der Waals surface area contributed by atoms with Gasteiger partial charge in [0.2, 0.25) is 11.7 Å². The molecule has 2 heterocycles. The number of nitrogens with one attached hydrogen (secondary N) is 1. The Morgan fingerprint density at radius 3 is 2.88 bits per heavy atom. The van der Waals surface area contributed by atoms with Gasteiger partial charge in [0.25, 0.3) is 0 Å². The molecule has 26 heavy (non-hydrogen) atoms. The van der Waals surface area contributed by atoms with Crippen molar-refractivity contribution in [3.63, 3.8) is 0 Å². The molecule has 1 amide bonds. The largest absolute Gasteiger partial charge is 0.461 e. The van der Waals surface area contributed by atoms with Crippen molar-refractivity contribution in [1.82, 2.24) is 14.8 Å². The molecule has 134 valence electrons. The van der Waals surface area contributed by atoms with Crippen LogP contribution in [0.25, 0.3) is 11.6 Å². The number of furan rings is 1. The summed E-state index contributed by atoms with van der Waals surface area (Å²) >= 11 is 7.40. The monoisotopic (exact) mass is 388 g/mol. The van der Waals surface area contributed by atoms with Gasteiger partial charge in [0, 0.05) is 6.54 Å². The minimum atomic E-state index is -0.400. The van der Waals surface area contributed by atoms with Crippen LogP contribution in [0.4, 0.5) is 5.69 Å². The molecule has 2 aromatic heterocycles. The second kappa shape index (κ2) is 8.25. The molecule has 0 saturated heterocycles. The standard InChI is InChI=1S/C18H17ClN4O2S/c1-3-10-23-16(15-9-6-11-25-15)21-22-18(23)26-12(2)17(24)20-14-8-5-4-7-13(14)19/h3-9,11-12H,1,10H2,2H3,(H,20,24). The topological polar surface area (TPSA) is 73.0 Å². The highest BCUT2D eigenvalue weighted by Gasteiger charge is 2.21. The minimum Gasteiger partial charge on any atom is -0.461 e. The van der Waals surface area contributed by atoms with Gasteiger partial charge in [-0.15, -0.1) is 16.8 Å². The van der Waals surface area contributed by atoms with Crippen LogP contribution in [0.5, 0.6) is 0 Å². The van der Waals surface area contributed by atoms with Crippen molar-refractivity contribution in [1.29, 1.82) is 0 Å². The number of carbonyl (C=O) groups excluding carboxylic acids is 1. The Labute approximate surface area is 160 Å². The van der Waals surface area contributed by atoms with E-state index in [0.717, 1.165) is 0 Å². The molecule has 0 bridgehead atoms. The lowest BCUT2D eigenvalue weighted by molar-refractivity contribution is -0.115. The Hall–Kier alpha value is -2.51. The van der Waals surface area contributed by atoms with Crippen LogP contribution in [0.3, 0.4) is 0 Å². The van der Waals surface area contributed by atoms with E-state index >= 15 is 0 Å². The van der Waals surface area contributed by atoms with E-state index in [1.165, 1.54) is 11.8 Å². The number of allylic oxidation sites excluding steroid dienone is 1. The Morgan fingerprint density at radius 1 is 1.38 bits per heavy atom. The van der Waals surface area contributed by atoms with Gasteiger partial charge in [0.1, 0.15) is 0 Å². The quantitative estimate of drug-likeness (QED) is 0.476. The fourth-order valence-electron chi connectivity index (χ4n) is 2.27. The summed E-state index contributed by atoms with van der Waals surface area (Å²) in [4.78, 5) is 12.5. The normalized spacial score (nSPS) is 11.9. The number of benzene rings is 1. The van der Waals surface area contributed by atoms with E-state index in [0.29, 0.717) is 34.0 Å². The molecule has 0 saturated carbocycles. The molecule has 0 aliphatic rings. The maximum atomic E-state index is 12.5. The van der Waals surface area contributed by atoms with Gasteiger partial charge in [-0.2, -0.15) is 0 Å². The first-order valence-corrected chi connectivity index (χ1v) is 9.16. The summed E-state index contributed by atoms with van der Waals surface area (Å²) in [5.74, 6) is 1.03. The predicted molar refractivity (Wildman–Crippen MR) is 103 cm³/mol. The van der Waals surface area contributed by atoms with Crippen molar-refractivity contribution in [2.75, 3.05) is 5.32 Å². The fraction of sp³-hybridized carbons (Fsp3) is 0.167. The van der Waals surface area contributed by atoms with Crippen LogP contribution in [0.2, 0.25) is 5.02 Å². The highest BCUT2D eigenvalue weighted by Crippen LogP contribution is 2.28. The van der Waals surface area contributed by atoms with Crippen molar-refractivity contribution in [3.05, 3.63) is 60.3 Å². The number of amides is 1. The van der Waals surface area contributed by atoms with E-state index < -0.39 is 5.25 Å². The maximum absolute atomic E-state index is 12.5. The predicted octanol–water partition coefficient (Wildman–Crippen LogP) is 4.50. The molecule has 6 nitrogen and oxygen atoms in total. The lowest BCUT2D eigenvalue weighted by Crippen LogP contribution is -2.23. The highest BCUT2D eigenvalue weighted by molar-refractivity contribution is 8.00. The zero-order valence-electron chi connectivity index (χ0n) is 14.1. The average Bonchev–Trinajstić information content (AvgIpc) is 3.28. The number of nitrogens with zero attached hydrogens (tertiary/aromatic N) is 3. The molecule has 0 aliphatic heterocycles. The lowest BCUT2D eigenvalue weighted by atomic mass is 10.3. The summed E-state index contributed by atoms with van der Waals surface area (Å²) in [6, 6.07) is 10.7. The third kappa shape index (κ3) is 4.00. The van der Waals surface area contributed by atoms with E-state index in [2.05, 4.69) is 22.1 Å². The Kier molecular flexibility index (Phi) is 5.80. The summed E-state index contributed by atoms with van der Waals surface area (Å²) in [5, 5.41) is 11.9. The van der Waals surface area contributed by atoms with Gasteiger partial charge in [0.05, 0.1) is 22.2 Å². The Morgan fingerprint density at radius 2 is 2.19 bits per heavy atom. The van der Waals surface area contributed by atoms with Gasteiger partial charge in [-0.3, -0.25) is 9.36 Å². The maximum Gasteiger partial charge on any atom is 0.237 e. The number of carbonyl (C=O) groups is 1. The average molecular weight is 389 g/mol. The molecule has 1 N–H and O–H groups in total. The van der Waals surface area contributed by atoms with Crippen molar-refractivity contribution < 1.29 is 9.21 Å². The van der Waals surface area contributed by atoms with Crippen LogP contribution in [0, 0.1) is 0 Å². The van der Waals surface area contributed by atoms with E-state index in [4.69, 9.17) is 16.0 Å². The number of halogens is 1. The van der Waals surface area contributed by atoms with Crippen LogP contribution in [-0.2, 0) is 11.3 Å². The van der Waals surface area contributed by atoms with E-state index in [1.807, 2.05) is 22.8 Å². The van der Waals surface area contributed by atoms with E-state index in [9.17, 15) is 4.79 Å². The van der Waals surface area contributed by atoms with Crippen LogP contribution in [0.1, 0.15) is 6.92 Å². The Balaban J connectivity index is 1.76. The molecule has 1 aromatic carbocycles. The van der Waals surface area contributed by atoms with Crippen LogP contribution >= 0.6 is 23.4 Å². The number of hydrogen-bond donors (Lipinski definition) is 1. The van der Waals surface area contributed by atoms with Crippen LogP contribution in [-0.4, -0.2) is 25.9 Å². The third-order valence-corrected chi connectivity index (χ3v) is 4.96. The summed E-state index contributed by atoms with van der Waals surface area (Å²) in [7, 11) is 0. The molecule has 1 atom stereocenters. The number of rotatable bonds is 7. The zero-order chi connectivity index (χ0) is 18.5. The van der Waals surface area contributed by atoms with Crippen LogP contribution < -0.4 is 5.32 Å². The number of thioether (sulfide) groups is 1. The summed E-state index contributed by atoms with van der Waals surface area (Å²) in [5.41, 5.74) is 0.579. The van der Waals surface area contributed by atoms with Gasteiger partial charge in [-0.1, -0.05) is 41.6 Å². The van der Waals surface area contributed by atoms with Gasteiger partial charge in [0.15, 0.2) is 10.9 Å². The summed E-state index contributed by atoms with van der Waals surface area (Å²) < 4.78 is 7.26. The van der Waals surface area contributed by atoms with Gasteiger partial charge < -0.3 is 9.73 Å². The number of anilines is 1. The molecule has 0 aliphatic carbocycles. The first-order chi connectivity index (χ1) is 12.6. The molecule has 0 spiro atoms. The molecule has 8 heteroatoms. The number of aromatic nitrogens is 3. The molecule has 3 aromatic rings. The van der Waals surface area contributed by atoms with Gasteiger partial charge in [-0.25, -0.2) is 0 Å². The SMILES string of the molecule is C=CCn1c(SC(C)C(=O)Nc2ccccc2Cl)nnc1-c1ccco1. The second-order valence-corrected chi connectivity index (χ2v) is 7.13. The lowest BCUT2D eigenvalue weighted by Gasteiger charge is -2.13. The third-order valence-electron chi connectivity index (χ3n) is 3.55. The first kappa shape index (κ1) is 18.3. The highest BCUT2D eigenvalue weighted by atomic mass is 35.5. The van der Waals surface area contributed by atoms with Crippen molar-refractivity contribution in [3.8, 4) is 11.6 Å². The Bertz CT molecular complexity index is 908. The fourth-order valence-corrected chi connectivity index (χ4v) is 3.31. The summed E-state index contributed by atoms with van der Waals surface area (Å²) in [6.07, 6.45) is 3.32. The van der Waals surface area contributed by atoms with E-state index in [1.54, 1.807) is 37.5 Å². The smallest absolute Gasteiger partial charge is 0.237 e. The van der Waals surface area contributed by atoms with Crippen molar-refractivity contribution in [2.45, 2.75) is 23.9 Å². The molecule has 3 rings (SSSR count). The minimum absolute atomic E-state index is 0.171. The summed E-state index contributed by atoms with van der Waals surface area (Å²) in [6.45, 7) is 6.07. The molecular formula is C18H17ClN4O2S. The number of hydrogen-bond acceptors (Lipinski definition) is 5. The van der Waals surface area contributed by atoms with Gasteiger partial charge >= 0.3 is 0 Å². The second-order valence-electron chi connectivity index (χ2n) is 5.41. The van der Waals surface area contributed by atoms with Crippen molar-refractivity contribution in [2.24, 2.45) is 0 Å². The number of para-hydroxylation sites is 1. The molecule has 1 unspecified atom stereocenters. The molecular weight excluding hydrogens is 372 g/mol. The molecule has 0 fully saturated rings. The van der Waals surface area contributed by atoms with Crippen LogP contribution in [0.15, 0.2) is 64.9 Å².